The van der Waals surface area contributed by atoms with Crippen molar-refractivity contribution < 1.29 is 15.0 Å². The molecule has 0 radical (unpaired) electrons. The lowest BCUT2D eigenvalue weighted by atomic mass is 10.2. The maximum Gasteiger partial charge on any atom is 0.304 e. The smallest absolute Gasteiger partial charge is 0.304 e. The van der Waals surface area contributed by atoms with Gasteiger partial charge in [0.05, 0.1) is 4.92 Å². The van der Waals surface area contributed by atoms with Crippen LogP contribution >= 0.6 is 11.8 Å². The molecule has 2 rings (SSSR count). The second-order valence-electron chi connectivity index (χ2n) is 3.53. The van der Waals surface area contributed by atoms with Gasteiger partial charge in [0.25, 0.3) is 5.69 Å². The Bertz CT molecular complexity index is 476. The average Bonchev–Trinajstić information content (AvgIpc) is 2.80. The molecule has 2 N–H and O–H groups in total. The highest BCUT2D eigenvalue weighted by atomic mass is 32.2. The largest absolute Gasteiger partial charge is 0.868 e. The highest BCUT2D eigenvalue weighted by Gasteiger charge is 2.14. The summed E-state index contributed by atoms with van der Waals surface area (Å²) in [4.78, 5) is 13.1. The molecule has 1 aliphatic heterocycles. The summed E-state index contributed by atoms with van der Waals surface area (Å²) >= 11 is 1.53. The summed E-state index contributed by atoms with van der Waals surface area (Å²) < 4.78 is 0. The van der Waals surface area contributed by atoms with Gasteiger partial charge in [-0.3, -0.25) is 20.4 Å². The molecule has 17 heavy (non-hydrogen) atoms. The second-order valence-corrected chi connectivity index (χ2v) is 4.52. The maximum atomic E-state index is 11.2. The van der Waals surface area contributed by atoms with Crippen LogP contribution in [0.25, 0.3) is 0 Å². The van der Waals surface area contributed by atoms with Crippen molar-refractivity contribution in [1.82, 2.24) is 5.32 Å². The van der Waals surface area contributed by atoms with Crippen molar-refractivity contribution in [3.8, 4) is 5.75 Å². The summed E-state index contributed by atoms with van der Waals surface area (Å²) in [5.74, 6) is 0.0460. The molecule has 7 heteroatoms. The molecular formula is C10H11N3O3S. The lowest BCUT2D eigenvalue weighted by molar-refractivity contribution is -0.441. The number of nitro groups is 1. The Morgan fingerprint density at radius 3 is 3.00 bits per heavy atom. The first kappa shape index (κ1) is 11.7. The van der Waals surface area contributed by atoms with Crippen LogP contribution in [0.4, 0.5) is 5.69 Å². The van der Waals surface area contributed by atoms with Crippen LogP contribution in [0.2, 0.25) is 0 Å². The zero-order valence-electron chi connectivity index (χ0n) is 8.93. The van der Waals surface area contributed by atoms with Crippen LogP contribution in [-0.4, -0.2) is 23.2 Å². The normalized spacial score (nSPS) is 14.2. The number of hydrogen-bond acceptors (Lipinski definition) is 5. The van der Waals surface area contributed by atoms with E-state index in [1.165, 1.54) is 23.9 Å². The summed E-state index contributed by atoms with van der Waals surface area (Å²) in [5, 5.41) is 25.9. The van der Waals surface area contributed by atoms with Gasteiger partial charge in [-0.25, -0.2) is 0 Å². The molecule has 0 aromatic heterocycles. The number of hydrogen-bond donors (Lipinski definition) is 2. The number of nitrogens with one attached hydrogen (secondary N) is 2. The monoisotopic (exact) mass is 253 g/mol. The molecule has 90 valence electrons. The lowest BCUT2D eigenvalue weighted by Crippen LogP contribution is -2.69. The first-order valence-electron chi connectivity index (χ1n) is 5.08. The van der Waals surface area contributed by atoms with Gasteiger partial charge in [0.2, 0.25) is 0 Å². The average molecular weight is 253 g/mol. The third kappa shape index (κ3) is 2.88. The predicted molar refractivity (Wildman–Crippen MR) is 62.7 cm³/mol. The first-order valence-corrected chi connectivity index (χ1v) is 6.07. The number of nitrogens with zero attached hydrogens (tertiary/aromatic N) is 1. The Morgan fingerprint density at radius 2 is 2.35 bits per heavy atom. The Labute approximate surface area is 102 Å². The van der Waals surface area contributed by atoms with Crippen molar-refractivity contribution in [2.24, 2.45) is 0 Å². The van der Waals surface area contributed by atoms with Crippen molar-refractivity contribution in [3.05, 3.63) is 33.9 Å². The number of amidine groups is 1. The van der Waals surface area contributed by atoms with Gasteiger partial charge in [0.1, 0.15) is 13.1 Å². The van der Waals surface area contributed by atoms with Crippen molar-refractivity contribution in [3.63, 3.8) is 0 Å². The molecule has 0 saturated heterocycles. The van der Waals surface area contributed by atoms with Gasteiger partial charge in [0.15, 0.2) is 0 Å². The fraction of sp³-hybridized carbons (Fsp3) is 0.300. The van der Waals surface area contributed by atoms with Gasteiger partial charge in [0, 0.05) is 11.8 Å². The van der Waals surface area contributed by atoms with Gasteiger partial charge in [-0.1, -0.05) is 12.1 Å². The number of rotatable bonds is 3. The van der Waals surface area contributed by atoms with Gasteiger partial charge < -0.3 is 5.11 Å². The van der Waals surface area contributed by atoms with Gasteiger partial charge in [-0.15, -0.1) is 0 Å². The first-order chi connectivity index (χ1) is 8.16. The zero-order valence-corrected chi connectivity index (χ0v) is 9.75. The Kier molecular flexibility index (Phi) is 3.48. The minimum absolute atomic E-state index is 0.361. The molecule has 6 nitrogen and oxygen atoms in total. The number of benzene rings is 1. The van der Waals surface area contributed by atoms with Crippen LogP contribution in [-0.2, 0) is 5.75 Å². The number of nitro benzene ring substituents is 1. The van der Waals surface area contributed by atoms with E-state index in [1.54, 1.807) is 6.07 Å². The molecular weight excluding hydrogens is 242 g/mol. The molecule has 1 heterocycles. The molecule has 1 aromatic rings. The van der Waals surface area contributed by atoms with Crippen LogP contribution in [0.1, 0.15) is 5.56 Å². The van der Waals surface area contributed by atoms with Crippen LogP contribution in [0, 0.1) is 10.1 Å². The summed E-state index contributed by atoms with van der Waals surface area (Å²) in [6.07, 6.45) is 0. The fourth-order valence-electron chi connectivity index (χ4n) is 1.47. The van der Waals surface area contributed by atoms with E-state index in [2.05, 4.69) is 10.3 Å². The van der Waals surface area contributed by atoms with Gasteiger partial charge >= 0.3 is 5.17 Å². The minimum Gasteiger partial charge on any atom is -0.868 e. The van der Waals surface area contributed by atoms with Crippen molar-refractivity contribution in [2.45, 2.75) is 5.75 Å². The summed E-state index contributed by atoms with van der Waals surface area (Å²) in [6, 6.07) is 4.21. The molecule has 0 amide bonds. The van der Waals surface area contributed by atoms with E-state index in [0.717, 1.165) is 23.8 Å². The van der Waals surface area contributed by atoms with E-state index in [0.29, 0.717) is 5.75 Å². The van der Waals surface area contributed by atoms with Crippen molar-refractivity contribution in [2.75, 3.05) is 13.1 Å². The molecule has 0 unspecified atom stereocenters. The van der Waals surface area contributed by atoms with E-state index in [4.69, 9.17) is 0 Å². The van der Waals surface area contributed by atoms with Crippen molar-refractivity contribution in [1.29, 1.82) is 0 Å². The Hall–Kier alpha value is -1.76. The summed E-state index contributed by atoms with van der Waals surface area (Å²) in [6.45, 7) is 1.78. The van der Waals surface area contributed by atoms with Gasteiger partial charge in [-0.2, -0.15) is 0 Å². The van der Waals surface area contributed by atoms with E-state index in [9.17, 15) is 15.2 Å². The van der Waals surface area contributed by atoms with Gasteiger partial charge in [-0.05, 0) is 23.1 Å². The molecule has 0 saturated carbocycles. The maximum absolute atomic E-state index is 11.2. The highest BCUT2D eigenvalue weighted by Crippen LogP contribution is 2.25. The Morgan fingerprint density at radius 1 is 1.53 bits per heavy atom. The van der Waals surface area contributed by atoms with E-state index < -0.39 is 10.7 Å². The van der Waals surface area contributed by atoms with Crippen LogP contribution in [0.15, 0.2) is 18.2 Å². The molecule has 1 aromatic carbocycles. The van der Waals surface area contributed by atoms with E-state index in [-0.39, 0.29) is 5.69 Å². The molecule has 0 aliphatic carbocycles. The van der Waals surface area contributed by atoms with E-state index in [1.807, 2.05) is 0 Å². The standard InChI is InChI=1S/C10H11N3O3S/c14-9-2-1-7(5-8(9)13(15)16)6-17-10-11-3-4-12-10/h1-2,5,14H,3-4,6H2,(H,11,12). The van der Waals surface area contributed by atoms with Crippen LogP contribution in [0.5, 0.6) is 5.75 Å². The van der Waals surface area contributed by atoms with E-state index >= 15 is 0 Å². The van der Waals surface area contributed by atoms with Crippen LogP contribution < -0.4 is 15.4 Å². The third-order valence-electron chi connectivity index (χ3n) is 2.30. The highest BCUT2D eigenvalue weighted by molar-refractivity contribution is 8.12. The predicted octanol–water partition coefficient (Wildman–Crippen LogP) is -1.06. The van der Waals surface area contributed by atoms with Crippen molar-refractivity contribution >= 4 is 22.6 Å². The van der Waals surface area contributed by atoms with Crippen LogP contribution in [0.3, 0.4) is 0 Å². The zero-order chi connectivity index (χ0) is 12.3. The summed E-state index contributed by atoms with van der Waals surface area (Å²) in [7, 11) is 0. The lowest BCUT2D eigenvalue weighted by Gasteiger charge is -2.07. The fourth-order valence-corrected chi connectivity index (χ4v) is 2.37. The molecule has 0 bridgehead atoms. The second kappa shape index (κ2) is 5.05. The molecule has 0 spiro atoms. The third-order valence-corrected chi connectivity index (χ3v) is 3.35. The molecule has 0 fully saturated rings. The Balaban J connectivity index is 2.05. The summed E-state index contributed by atoms with van der Waals surface area (Å²) in [5.41, 5.74) is 0.407. The quantitative estimate of drug-likeness (QED) is 0.529. The topological polar surface area (TPSA) is 92.2 Å². The minimum atomic E-state index is -0.643. The SMILES string of the molecule is O=[N+]([O-])c1cc(CSC2=[NH+]CCN2)ccc1[O-]. The molecule has 1 aliphatic rings. The molecule has 0 atom stereocenters. The number of thioether (sulfide) groups is 1.